The number of benzene rings is 1. The number of rotatable bonds is 2. The van der Waals surface area contributed by atoms with E-state index >= 15 is 0 Å². The average molecular weight is 280 g/mol. The molecule has 102 valence electrons. The van der Waals surface area contributed by atoms with Gasteiger partial charge in [-0.25, -0.2) is 4.39 Å². The molecule has 0 aliphatic carbocycles. The van der Waals surface area contributed by atoms with Gasteiger partial charge in [-0.15, -0.1) is 0 Å². The van der Waals surface area contributed by atoms with Crippen molar-refractivity contribution in [2.75, 3.05) is 18.1 Å². The van der Waals surface area contributed by atoms with Crippen LogP contribution >= 0.6 is 11.8 Å². The molecule has 2 aliphatic heterocycles. The molecule has 1 amide bonds. The van der Waals surface area contributed by atoms with Gasteiger partial charge in [0.15, 0.2) is 0 Å². The van der Waals surface area contributed by atoms with Gasteiger partial charge in [0.1, 0.15) is 12.0 Å². The van der Waals surface area contributed by atoms with Crippen LogP contribution < -0.4 is 5.32 Å². The Balaban J connectivity index is 1.87. The minimum absolute atomic E-state index is 0.0840. The van der Waals surface area contributed by atoms with E-state index in [2.05, 4.69) is 5.32 Å². The second kappa shape index (κ2) is 5.51. The zero-order valence-electron chi connectivity index (χ0n) is 10.6. The summed E-state index contributed by atoms with van der Waals surface area (Å²) in [6.45, 7) is 0.306. The molecular weight excluding hydrogens is 263 g/mol. The fourth-order valence-corrected chi connectivity index (χ4v) is 3.97. The van der Waals surface area contributed by atoms with Gasteiger partial charge in [0.25, 0.3) is 0 Å². The van der Waals surface area contributed by atoms with Gasteiger partial charge in [0, 0.05) is 17.4 Å². The topological polar surface area (TPSA) is 32.3 Å². The fraction of sp³-hybridized carbons (Fsp3) is 0.500. The minimum atomic E-state index is -0.308. The van der Waals surface area contributed by atoms with Crippen LogP contribution in [0.5, 0.6) is 0 Å². The molecule has 5 heteroatoms. The molecule has 0 radical (unpaired) electrons. The number of carbonyl (C=O) groups is 1. The second-order valence-electron chi connectivity index (χ2n) is 4.98. The molecule has 2 unspecified atom stereocenters. The van der Waals surface area contributed by atoms with Gasteiger partial charge in [0.05, 0.1) is 6.54 Å². The van der Waals surface area contributed by atoms with E-state index in [0.717, 1.165) is 24.3 Å². The van der Waals surface area contributed by atoms with Crippen LogP contribution in [-0.2, 0) is 4.79 Å². The van der Waals surface area contributed by atoms with E-state index in [4.69, 9.17) is 0 Å². The summed E-state index contributed by atoms with van der Waals surface area (Å²) in [6.07, 6.45) is 1.84. The molecule has 3 rings (SSSR count). The number of thioether (sulfide) groups is 1. The van der Waals surface area contributed by atoms with Crippen LogP contribution in [0.1, 0.15) is 24.6 Å². The lowest BCUT2D eigenvalue weighted by Crippen LogP contribution is -2.42. The smallest absolute Gasteiger partial charge is 0.238 e. The minimum Gasteiger partial charge on any atom is -0.318 e. The largest absolute Gasteiger partial charge is 0.318 e. The first-order valence-electron chi connectivity index (χ1n) is 6.64. The van der Waals surface area contributed by atoms with Crippen molar-refractivity contribution in [1.82, 2.24) is 10.2 Å². The summed E-state index contributed by atoms with van der Waals surface area (Å²) in [5, 5.41) is 3.14. The third-order valence-electron chi connectivity index (χ3n) is 3.74. The number of hydrogen-bond donors (Lipinski definition) is 1. The predicted octanol–water partition coefficient (Wildman–Crippen LogP) is 2.15. The molecule has 0 bridgehead atoms. The van der Waals surface area contributed by atoms with E-state index in [1.807, 2.05) is 22.7 Å². The van der Waals surface area contributed by atoms with Crippen molar-refractivity contribution in [3.63, 3.8) is 0 Å². The Hall–Kier alpha value is -1.07. The highest BCUT2D eigenvalue weighted by Gasteiger charge is 2.38. The highest BCUT2D eigenvalue weighted by Crippen LogP contribution is 2.31. The highest BCUT2D eigenvalue weighted by atomic mass is 32.2. The van der Waals surface area contributed by atoms with Crippen molar-refractivity contribution >= 4 is 17.7 Å². The number of nitrogens with zero attached hydrogens (tertiary/aromatic N) is 1. The van der Waals surface area contributed by atoms with Crippen LogP contribution in [0.4, 0.5) is 4.39 Å². The van der Waals surface area contributed by atoms with Gasteiger partial charge in [-0.2, -0.15) is 11.8 Å². The maximum atomic E-state index is 13.9. The number of carbonyl (C=O) groups excluding carboxylic acids is 1. The summed E-state index contributed by atoms with van der Waals surface area (Å²) < 4.78 is 13.9. The van der Waals surface area contributed by atoms with Crippen molar-refractivity contribution in [2.45, 2.75) is 25.0 Å². The first kappa shape index (κ1) is 12.9. The van der Waals surface area contributed by atoms with Gasteiger partial charge in [-0.3, -0.25) is 10.1 Å². The van der Waals surface area contributed by atoms with Crippen LogP contribution in [0.2, 0.25) is 0 Å². The molecule has 2 aliphatic rings. The maximum absolute atomic E-state index is 13.9. The molecule has 1 aromatic rings. The number of nitrogens with one attached hydrogen (secondary N) is 1. The number of halogens is 1. The maximum Gasteiger partial charge on any atom is 0.238 e. The van der Waals surface area contributed by atoms with E-state index in [0.29, 0.717) is 12.1 Å². The van der Waals surface area contributed by atoms with Crippen molar-refractivity contribution in [3.05, 3.63) is 35.6 Å². The molecule has 0 saturated carbocycles. The third-order valence-corrected chi connectivity index (χ3v) is 4.94. The molecule has 1 N–H and O–H groups in total. The Morgan fingerprint density at radius 1 is 1.37 bits per heavy atom. The Morgan fingerprint density at radius 2 is 2.21 bits per heavy atom. The lowest BCUT2D eigenvalue weighted by molar-refractivity contribution is -0.130. The zero-order valence-corrected chi connectivity index (χ0v) is 11.5. The third kappa shape index (κ3) is 2.49. The van der Waals surface area contributed by atoms with Crippen LogP contribution in [0.3, 0.4) is 0 Å². The molecule has 2 saturated heterocycles. The molecule has 19 heavy (non-hydrogen) atoms. The zero-order chi connectivity index (χ0) is 13.2. The van der Waals surface area contributed by atoms with Crippen molar-refractivity contribution in [2.24, 2.45) is 0 Å². The summed E-state index contributed by atoms with van der Waals surface area (Å²) in [5.74, 6) is 1.96. The van der Waals surface area contributed by atoms with E-state index in [1.165, 1.54) is 6.07 Å². The SMILES string of the molecule is O=C1CNC(c2ccccc2F)N1C1CCCSC1. The molecule has 0 spiro atoms. The number of hydrogen-bond acceptors (Lipinski definition) is 3. The summed E-state index contributed by atoms with van der Waals surface area (Å²) in [6, 6.07) is 6.93. The van der Waals surface area contributed by atoms with E-state index in [1.54, 1.807) is 12.1 Å². The lowest BCUT2D eigenvalue weighted by atomic mass is 10.1. The van der Waals surface area contributed by atoms with Crippen LogP contribution in [0, 0.1) is 5.82 Å². The predicted molar refractivity (Wildman–Crippen MR) is 74.3 cm³/mol. The van der Waals surface area contributed by atoms with Gasteiger partial charge in [-0.1, -0.05) is 18.2 Å². The molecule has 2 atom stereocenters. The van der Waals surface area contributed by atoms with Crippen molar-refractivity contribution in [1.29, 1.82) is 0 Å². The van der Waals surface area contributed by atoms with Gasteiger partial charge in [-0.05, 0) is 24.7 Å². The van der Waals surface area contributed by atoms with Gasteiger partial charge >= 0.3 is 0 Å². The van der Waals surface area contributed by atoms with E-state index in [9.17, 15) is 9.18 Å². The Kier molecular flexibility index (Phi) is 3.75. The van der Waals surface area contributed by atoms with Gasteiger partial charge < -0.3 is 4.90 Å². The van der Waals surface area contributed by atoms with Gasteiger partial charge in [0.2, 0.25) is 5.91 Å². The summed E-state index contributed by atoms with van der Waals surface area (Å²) >= 11 is 1.88. The average Bonchev–Trinajstić information content (AvgIpc) is 2.82. The normalized spacial score (nSPS) is 27.8. The van der Waals surface area contributed by atoms with E-state index < -0.39 is 0 Å². The highest BCUT2D eigenvalue weighted by molar-refractivity contribution is 7.99. The fourth-order valence-electron chi connectivity index (χ4n) is 2.83. The monoisotopic (exact) mass is 280 g/mol. The molecule has 2 heterocycles. The second-order valence-corrected chi connectivity index (χ2v) is 6.13. The standard InChI is InChI=1S/C14H17FN2OS/c15-12-6-2-1-5-11(12)14-16-8-13(18)17(14)10-4-3-7-19-9-10/h1-2,5-6,10,14,16H,3-4,7-9H2. The molecular formula is C14H17FN2OS. The van der Waals surface area contributed by atoms with E-state index in [-0.39, 0.29) is 23.9 Å². The first-order valence-corrected chi connectivity index (χ1v) is 7.79. The van der Waals surface area contributed by atoms with Crippen molar-refractivity contribution in [3.8, 4) is 0 Å². The summed E-state index contributed by atoms with van der Waals surface area (Å²) in [4.78, 5) is 14.0. The summed E-state index contributed by atoms with van der Waals surface area (Å²) in [7, 11) is 0. The quantitative estimate of drug-likeness (QED) is 0.901. The number of amides is 1. The van der Waals surface area contributed by atoms with Crippen LogP contribution in [-0.4, -0.2) is 34.9 Å². The lowest BCUT2D eigenvalue weighted by Gasteiger charge is -2.35. The van der Waals surface area contributed by atoms with Crippen molar-refractivity contribution < 1.29 is 9.18 Å². The molecule has 1 aromatic carbocycles. The van der Waals surface area contributed by atoms with Crippen LogP contribution in [0.15, 0.2) is 24.3 Å². The Bertz CT molecular complexity index is 476. The Morgan fingerprint density at radius 3 is 2.95 bits per heavy atom. The molecule has 0 aromatic heterocycles. The first-order chi connectivity index (χ1) is 9.27. The van der Waals surface area contributed by atoms with Crippen LogP contribution in [0.25, 0.3) is 0 Å². The molecule has 2 fully saturated rings. The summed E-state index contributed by atoms with van der Waals surface area (Å²) in [5.41, 5.74) is 0.573. The molecule has 3 nitrogen and oxygen atoms in total. The Labute approximate surface area is 116 Å².